The molecule has 0 N–H and O–H groups in total. The van der Waals surface area contributed by atoms with Crippen LogP contribution in [0.1, 0.15) is 89.9 Å². The summed E-state index contributed by atoms with van der Waals surface area (Å²) in [6, 6.07) is 0. The van der Waals surface area contributed by atoms with E-state index in [2.05, 4.69) is 0 Å². The molecule has 4 nitrogen and oxygen atoms in total. The molecule has 0 radical (unpaired) electrons. The van der Waals surface area contributed by atoms with Crippen LogP contribution in [0.3, 0.4) is 0 Å². The highest BCUT2D eigenvalue weighted by Crippen LogP contribution is 2.30. The molecule has 4 heteroatoms. The molecule has 0 aromatic heterocycles. The zero-order valence-electron chi connectivity index (χ0n) is 15.0. The first kappa shape index (κ1) is 18.2. The minimum atomic E-state index is 0.00230. The first-order valence-electron chi connectivity index (χ1n) is 10.3. The van der Waals surface area contributed by atoms with Crippen molar-refractivity contribution in [3.05, 3.63) is 0 Å². The van der Waals surface area contributed by atoms with Crippen LogP contribution in [0.5, 0.6) is 0 Å². The van der Waals surface area contributed by atoms with Gasteiger partial charge in [0.25, 0.3) is 0 Å². The van der Waals surface area contributed by atoms with Gasteiger partial charge in [-0.2, -0.15) is 0 Å². The Labute approximate surface area is 146 Å². The number of hydrogen-bond donors (Lipinski definition) is 0. The quantitative estimate of drug-likeness (QED) is 0.390. The Morgan fingerprint density at radius 1 is 0.750 bits per heavy atom. The van der Waals surface area contributed by atoms with Gasteiger partial charge in [0.15, 0.2) is 0 Å². The highest BCUT2D eigenvalue weighted by molar-refractivity contribution is 5.72. The molecule has 0 saturated heterocycles. The van der Waals surface area contributed by atoms with Crippen molar-refractivity contribution in [3.8, 4) is 0 Å². The fraction of sp³-hybridized carbons (Fsp3) is 0.950. The molecule has 0 aliphatic heterocycles. The summed E-state index contributed by atoms with van der Waals surface area (Å²) in [5, 5.41) is 0. The Hall–Kier alpha value is -0.610. The number of carbonyl (C=O) groups is 1. The number of carbonyl (C=O) groups excluding carboxylic acids is 1. The SMILES string of the molecule is O=C(OC1CCCCC1)C1CCCC(OOCC2CCCCC2)C1. The number of esters is 1. The van der Waals surface area contributed by atoms with Crippen LogP contribution < -0.4 is 0 Å². The Morgan fingerprint density at radius 3 is 2.17 bits per heavy atom. The summed E-state index contributed by atoms with van der Waals surface area (Å²) >= 11 is 0. The minimum Gasteiger partial charge on any atom is -0.462 e. The van der Waals surface area contributed by atoms with Crippen molar-refractivity contribution >= 4 is 5.97 Å². The second kappa shape index (κ2) is 9.76. The van der Waals surface area contributed by atoms with Crippen molar-refractivity contribution in [1.29, 1.82) is 0 Å². The fourth-order valence-corrected chi connectivity index (χ4v) is 4.48. The van der Waals surface area contributed by atoms with Gasteiger partial charge in [-0.05, 0) is 70.1 Å². The molecule has 138 valence electrons. The lowest BCUT2D eigenvalue weighted by Crippen LogP contribution is -2.32. The molecule has 3 aliphatic rings. The van der Waals surface area contributed by atoms with Crippen LogP contribution >= 0.6 is 0 Å². The van der Waals surface area contributed by atoms with Crippen molar-refractivity contribution in [2.75, 3.05) is 6.61 Å². The molecule has 0 heterocycles. The van der Waals surface area contributed by atoms with E-state index in [9.17, 15) is 4.79 Å². The van der Waals surface area contributed by atoms with Gasteiger partial charge in [0.1, 0.15) is 6.10 Å². The average molecular weight is 338 g/mol. The van der Waals surface area contributed by atoms with Crippen LogP contribution in [-0.4, -0.2) is 24.8 Å². The van der Waals surface area contributed by atoms with E-state index in [4.69, 9.17) is 14.5 Å². The normalized spacial score (nSPS) is 30.2. The third-order valence-corrected chi connectivity index (χ3v) is 6.03. The fourth-order valence-electron chi connectivity index (χ4n) is 4.48. The van der Waals surface area contributed by atoms with Gasteiger partial charge in [-0.3, -0.25) is 4.79 Å². The molecule has 0 aromatic carbocycles. The number of rotatable bonds is 6. The molecule has 3 rings (SSSR count). The van der Waals surface area contributed by atoms with Crippen LogP contribution in [0, 0.1) is 11.8 Å². The van der Waals surface area contributed by atoms with E-state index < -0.39 is 0 Å². The van der Waals surface area contributed by atoms with Gasteiger partial charge >= 0.3 is 5.97 Å². The lowest BCUT2D eigenvalue weighted by atomic mass is 9.87. The molecule has 0 bridgehead atoms. The minimum absolute atomic E-state index is 0.00230. The maximum atomic E-state index is 12.4. The molecule has 0 spiro atoms. The average Bonchev–Trinajstić information content (AvgIpc) is 2.64. The first-order chi connectivity index (χ1) is 11.8. The lowest BCUT2D eigenvalue weighted by molar-refractivity contribution is -0.336. The van der Waals surface area contributed by atoms with E-state index in [1.54, 1.807) is 0 Å². The summed E-state index contributed by atoms with van der Waals surface area (Å²) < 4.78 is 5.74. The van der Waals surface area contributed by atoms with Crippen molar-refractivity contribution in [1.82, 2.24) is 0 Å². The highest BCUT2D eigenvalue weighted by Gasteiger charge is 2.31. The van der Waals surface area contributed by atoms with Gasteiger partial charge in [-0.25, -0.2) is 9.78 Å². The molecule has 3 fully saturated rings. The molecular formula is C20H34O4. The van der Waals surface area contributed by atoms with E-state index in [1.165, 1.54) is 51.4 Å². The Morgan fingerprint density at radius 2 is 1.42 bits per heavy atom. The van der Waals surface area contributed by atoms with Crippen molar-refractivity contribution in [2.24, 2.45) is 11.8 Å². The smallest absolute Gasteiger partial charge is 0.309 e. The van der Waals surface area contributed by atoms with Gasteiger partial charge in [0.05, 0.1) is 18.6 Å². The zero-order chi connectivity index (χ0) is 16.6. The summed E-state index contributed by atoms with van der Waals surface area (Å²) in [4.78, 5) is 23.6. The van der Waals surface area contributed by atoms with Gasteiger partial charge in [0, 0.05) is 0 Å². The maximum absolute atomic E-state index is 12.4. The third kappa shape index (κ3) is 5.73. The molecule has 2 atom stereocenters. The van der Waals surface area contributed by atoms with Crippen LogP contribution in [-0.2, 0) is 19.3 Å². The number of hydrogen-bond acceptors (Lipinski definition) is 4. The zero-order valence-corrected chi connectivity index (χ0v) is 15.0. The van der Waals surface area contributed by atoms with Crippen LogP contribution in [0.15, 0.2) is 0 Å². The summed E-state index contributed by atoms with van der Waals surface area (Å²) in [5.74, 6) is 0.667. The van der Waals surface area contributed by atoms with Gasteiger partial charge in [0.2, 0.25) is 0 Å². The van der Waals surface area contributed by atoms with E-state index in [0.29, 0.717) is 12.5 Å². The standard InChI is InChI=1S/C20H34O4/c21-20(23-18-11-5-2-6-12-18)17-10-7-13-19(14-17)24-22-15-16-8-3-1-4-9-16/h16-19H,1-15H2. The second-order valence-electron chi connectivity index (χ2n) is 8.07. The summed E-state index contributed by atoms with van der Waals surface area (Å²) in [7, 11) is 0. The lowest BCUT2D eigenvalue weighted by Gasteiger charge is -2.30. The monoisotopic (exact) mass is 338 g/mol. The molecule has 0 aromatic rings. The molecular weight excluding hydrogens is 304 g/mol. The molecule has 0 amide bonds. The van der Waals surface area contributed by atoms with E-state index in [0.717, 1.165) is 38.5 Å². The molecule has 2 unspecified atom stereocenters. The molecule has 24 heavy (non-hydrogen) atoms. The van der Waals surface area contributed by atoms with Crippen molar-refractivity contribution in [3.63, 3.8) is 0 Å². The Bertz CT molecular complexity index is 372. The third-order valence-electron chi connectivity index (χ3n) is 6.03. The largest absolute Gasteiger partial charge is 0.462 e. The number of ether oxygens (including phenoxy) is 1. The van der Waals surface area contributed by atoms with E-state index >= 15 is 0 Å². The first-order valence-corrected chi connectivity index (χ1v) is 10.3. The second-order valence-corrected chi connectivity index (χ2v) is 8.07. The molecule has 3 saturated carbocycles. The van der Waals surface area contributed by atoms with Gasteiger partial charge in [-0.1, -0.05) is 25.7 Å². The van der Waals surface area contributed by atoms with Crippen LogP contribution in [0.2, 0.25) is 0 Å². The maximum Gasteiger partial charge on any atom is 0.309 e. The van der Waals surface area contributed by atoms with Gasteiger partial charge in [-0.15, -0.1) is 0 Å². The van der Waals surface area contributed by atoms with Crippen LogP contribution in [0.4, 0.5) is 0 Å². The topological polar surface area (TPSA) is 44.8 Å². The highest BCUT2D eigenvalue weighted by atomic mass is 17.2. The van der Waals surface area contributed by atoms with Crippen molar-refractivity contribution in [2.45, 2.75) is 102 Å². The predicted octanol–water partition coefficient (Wildman–Crippen LogP) is 4.95. The Balaban J connectivity index is 1.34. The predicted molar refractivity (Wildman–Crippen MR) is 92.3 cm³/mol. The summed E-state index contributed by atoms with van der Waals surface area (Å²) in [5.41, 5.74) is 0. The van der Waals surface area contributed by atoms with Crippen molar-refractivity contribution < 1.29 is 19.3 Å². The van der Waals surface area contributed by atoms with Crippen LogP contribution in [0.25, 0.3) is 0 Å². The summed E-state index contributed by atoms with van der Waals surface area (Å²) in [6.07, 6.45) is 16.3. The van der Waals surface area contributed by atoms with E-state index in [1.807, 2.05) is 0 Å². The Kier molecular flexibility index (Phi) is 7.40. The van der Waals surface area contributed by atoms with E-state index in [-0.39, 0.29) is 24.1 Å². The summed E-state index contributed by atoms with van der Waals surface area (Å²) in [6.45, 7) is 0.716. The van der Waals surface area contributed by atoms with Gasteiger partial charge < -0.3 is 4.74 Å². The molecule has 3 aliphatic carbocycles.